The van der Waals surface area contributed by atoms with E-state index >= 15 is 0 Å². The summed E-state index contributed by atoms with van der Waals surface area (Å²) < 4.78 is 1.32. The Balaban J connectivity index is 1.73. The summed E-state index contributed by atoms with van der Waals surface area (Å²) in [5, 5.41) is 2.70. The average Bonchev–Trinajstić information content (AvgIpc) is 3.05. The summed E-state index contributed by atoms with van der Waals surface area (Å²) in [6.45, 7) is 0. The van der Waals surface area contributed by atoms with E-state index < -0.39 is 6.03 Å². The Morgan fingerprint density at radius 1 is 1.05 bits per heavy atom. The van der Waals surface area contributed by atoms with Crippen LogP contribution in [0.15, 0.2) is 48.5 Å². The van der Waals surface area contributed by atoms with E-state index in [2.05, 4.69) is 20.3 Å². The minimum atomic E-state index is -0.412. The van der Waals surface area contributed by atoms with Crippen LogP contribution in [0.4, 0.5) is 16.7 Å². The van der Waals surface area contributed by atoms with Crippen LogP contribution in [0, 0.1) is 0 Å². The number of para-hydroxylation sites is 4. The summed E-state index contributed by atoms with van der Waals surface area (Å²) in [6, 6.07) is 14.4. The molecule has 2 aromatic carbocycles. The van der Waals surface area contributed by atoms with Crippen molar-refractivity contribution in [3.8, 4) is 0 Å². The number of carbonyl (C=O) groups is 1. The number of fused-ring (bicyclic) bond motifs is 2. The first-order valence-electron chi connectivity index (χ1n) is 6.71. The minimum Gasteiger partial charge on any atom is -0.369 e. The molecule has 0 saturated heterocycles. The molecular formula is C15H12N6O. The molecule has 4 N–H and O–H groups in total. The van der Waals surface area contributed by atoms with E-state index in [0.717, 1.165) is 11.0 Å². The van der Waals surface area contributed by atoms with Crippen LogP contribution in [0.3, 0.4) is 0 Å². The van der Waals surface area contributed by atoms with Gasteiger partial charge in [0, 0.05) is 0 Å². The molecule has 4 aromatic rings. The number of amides is 1. The number of hydrogen-bond acceptors (Lipinski definition) is 4. The molecule has 0 atom stereocenters. The van der Waals surface area contributed by atoms with Gasteiger partial charge in [0.2, 0.25) is 11.9 Å². The lowest BCUT2D eigenvalue weighted by molar-refractivity contribution is 0.254. The lowest BCUT2D eigenvalue weighted by Crippen LogP contribution is -2.21. The van der Waals surface area contributed by atoms with Crippen molar-refractivity contribution in [1.29, 1.82) is 0 Å². The highest BCUT2D eigenvalue weighted by Crippen LogP contribution is 2.18. The van der Waals surface area contributed by atoms with Gasteiger partial charge in [-0.05, 0) is 24.3 Å². The first-order chi connectivity index (χ1) is 10.7. The molecule has 4 rings (SSSR count). The number of imidazole rings is 2. The minimum absolute atomic E-state index is 0.134. The summed E-state index contributed by atoms with van der Waals surface area (Å²) >= 11 is 0. The zero-order valence-electron chi connectivity index (χ0n) is 11.4. The molecule has 7 nitrogen and oxygen atoms in total. The van der Waals surface area contributed by atoms with Gasteiger partial charge in [0.25, 0.3) is 0 Å². The second-order valence-electron chi connectivity index (χ2n) is 4.83. The smallest absolute Gasteiger partial charge is 0.335 e. The van der Waals surface area contributed by atoms with Gasteiger partial charge in [0.15, 0.2) is 0 Å². The number of hydrogen-bond donors (Lipinski definition) is 3. The van der Waals surface area contributed by atoms with Crippen LogP contribution in [-0.2, 0) is 0 Å². The fraction of sp³-hybridized carbons (Fsp3) is 0. The number of rotatable bonds is 1. The number of aromatic amines is 1. The maximum atomic E-state index is 12.5. The Labute approximate surface area is 124 Å². The fourth-order valence-electron chi connectivity index (χ4n) is 2.43. The van der Waals surface area contributed by atoms with Crippen molar-refractivity contribution in [2.45, 2.75) is 0 Å². The third kappa shape index (κ3) is 1.87. The van der Waals surface area contributed by atoms with E-state index in [-0.39, 0.29) is 5.95 Å². The van der Waals surface area contributed by atoms with Gasteiger partial charge in [0.1, 0.15) is 0 Å². The Morgan fingerprint density at radius 2 is 1.77 bits per heavy atom. The number of nitrogens with two attached hydrogens (primary N) is 1. The summed E-state index contributed by atoms with van der Waals surface area (Å²) in [4.78, 5) is 24.0. The van der Waals surface area contributed by atoms with Gasteiger partial charge in [-0.3, -0.25) is 5.32 Å². The van der Waals surface area contributed by atoms with Crippen LogP contribution >= 0.6 is 0 Å². The number of H-pyrrole nitrogens is 1. The Morgan fingerprint density at radius 3 is 2.59 bits per heavy atom. The molecule has 108 valence electrons. The van der Waals surface area contributed by atoms with E-state index in [4.69, 9.17) is 5.73 Å². The third-order valence-corrected chi connectivity index (χ3v) is 3.40. The topological polar surface area (TPSA) is 102 Å². The second kappa shape index (κ2) is 4.59. The monoisotopic (exact) mass is 292 g/mol. The Kier molecular flexibility index (Phi) is 2.59. The molecule has 22 heavy (non-hydrogen) atoms. The fourth-order valence-corrected chi connectivity index (χ4v) is 2.43. The van der Waals surface area contributed by atoms with Crippen molar-refractivity contribution in [3.63, 3.8) is 0 Å². The number of carbonyl (C=O) groups excluding carboxylic acids is 1. The van der Waals surface area contributed by atoms with Gasteiger partial charge in [-0.2, -0.15) is 0 Å². The van der Waals surface area contributed by atoms with Gasteiger partial charge in [0.05, 0.1) is 22.1 Å². The lowest BCUT2D eigenvalue weighted by atomic mass is 10.3. The molecule has 2 aromatic heterocycles. The first kappa shape index (κ1) is 12.4. The van der Waals surface area contributed by atoms with Crippen LogP contribution in [0.25, 0.3) is 22.1 Å². The average molecular weight is 292 g/mol. The normalized spacial score (nSPS) is 11.1. The summed E-state index contributed by atoms with van der Waals surface area (Å²) in [5.41, 5.74) is 8.78. The number of nitrogen functional groups attached to an aromatic ring is 1. The maximum absolute atomic E-state index is 12.5. The standard InChI is InChI=1S/C15H12N6O/c16-13-17-11-7-3-4-8-12(11)21(13)15(22)20-14-18-9-5-1-2-6-10(9)19-14/h1-8H,(H2,16,17)(H2,18,19,20,22). The van der Waals surface area contributed by atoms with Crippen LogP contribution < -0.4 is 11.1 Å². The molecule has 0 spiro atoms. The highest BCUT2D eigenvalue weighted by Gasteiger charge is 2.15. The predicted octanol–water partition coefficient (Wildman–Crippen LogP) is 2.58. The van der Waals surface area contributed by atoms with Gasteiger partial charge >= 0.3 is 6.03 Å². The van der Waals surface area contributed by atoms with Crippen LogP contribution in [0.1, 0.15) is 0 Å². The summed E-state index contributed by atoms with van der Waals surface area (Å²) in [5.74, 6) is 0.498. The molecule has 1 amide bonds. The first-order valence-corrected chi connectivity index (χ1v) is 6.71. The molecule has 0 aliphatic carbocycles. The third-order valence-electron chi connectivity index (χ3n) is 3.40. The SMILES string of the molecule is Nc1nc2ccccc2n1C(=O)Nc1nc2ccccc2[nH]1. The zero-order valence-corrected chi connectivity index (χ0v) is 11.4. The van der Waals surface area contributed by atoms with Crippen LogP contribution in [0.2, 0.25) is 0 Å². The van der Waals surface area contributed by atoms with Gasteiger partial charge in [-0.25, -0.2) is 19.3 Å². The van der Waals surface area contributed by atoms with E-state index in [9.17, 15) is 4.79 Å². The molecule has 2 heterocycles. The van der Waals surface area contributed by atoms with Crippen LogP contribution in [0.5, 0.6) is 0 Å². The molecule has 0 radical (unpaired) electrons. The molecule has 7 heteroatoms. The number of nitrogens with zero attached hydrogens (tertiary/aromatic N) is 3. The highest BCUT2D eigenvalue weighted by atomic mass is 16.2. The number of benzene rings is 2. The van der Waals surface area contributed by atoms with E-state index in [0.29, 0.717) is 17.0 Å². The Hall–Kier alpha value is -3.35. The number of anilines is 2. The highest BCUT2D eigenvalue weighted by molar-refractivity contribution is 5.99. The maximum Gasteiger partial charge on any atom is 0.335 e. The molecular weight excluding hydrogens is 280 g/mol. The van der Waals surface area contributed by atoms with E-state index in [1.54, 1.807) is 12.1 Å². The van der Waals surface area contributed by atoms with Gasteiger partial charge in [-0.15, -0.1) is 0 Å². The Bertz CT molecular complexity index is 967. The summed E-state index contributed by atoms with van der Waals surface area (Å²) in [6.07, 6.45) is 0. The molecule has 0 unspecified atom stereocenters. The van der Waals surface area contributed by atoms with Gasteiger partial charge < -0.3 is 10.7 Å². The van der Waals surface area contributed by atoms with E-state index in [1.165, 1.54) is 4.57 Å². The van der Waals surface area contributed by atoms with Crippen molar-refractivity contribution < 1.29 is 4.79 Å². The van der Waals surface area contributed by atoms with E-state index in [1.807, 2.05) is 36.4 Å². The van der Waals surface area contributed by atoms with Crippen molar-refractivity contribution >= 4 is 40.0 Å². The number of nitrogens with one attached hydrogen (secondary N) is 2. The molecule has 0 fully saturated rings. The van der Waals surface area contributed by atoms with Gasteiger partial charge in [-0.1, -0.05) is 24.3 Å². The zero-order chi connectivity index (χ0) is 15.1. The lowest BCUT2D eigenvalue weighted by Gasteiger charge is -2.05. The van der Waals surface area contributed by atoms with Crippen molar-refractivity contribution in [2.24, 2.45) is 0 Å². The molecule has 0 aliphatic heterocycles. The molecule has 0 aliphatic rings. The second-order valence-corrected chi connectivity index (χ2v) is 4.83. The number of aromatic nitrogens is 4. The quantitative estimate of drug-likeness (QED) is 0.501. The van der Waals surface area contributed by atoms with Crippen molar-refractivity contribution in [3.05, 3.63) is 48.5 Å². The summed E-state index contributed by atoms with van der Waals surface area (Å²) in [7, 11) is 0. The predicted molar refractivity (Wildman–Crippen MR) is 84.7 cm³/mol. The van der Waals surface area contributed by atoms with Crippen molar-refractivity contribution in [1.82, 2.24) is 19.5 Å². The molecule has 0 saturated carbocycles. The largest absolute Gasteiger partial charge is 0.369 e. The molecule has 0 bridgehead atoms. The van der Waals surface area contributed by atoms with Crippen LogP contribution in [-0.4, -0.2) is 25.6 Å². The van der Waals surface area contributed by atoms with Crippen molar-refractivity contribution in [2.75, 3.05) is 11.1 Å².